The number of benzene rings is 1. The fraction of sp³-hybridized carbons (Fsp3) is 0.333. The average Bonchev–Trinajstić information content (AvgIpc) is 2.56. The number of amides is 1. The van der Waals surface area contributed by atoms with Crippen LogP contribution in [0.4, 0.5) is 19.0 Å². The van der Waals surface area contributed by atoms with Crippen LogP contribution in [0.1, 0.15) is 16.7 Å². The number of carbonyl (C=O) groups is 1. The van der Waals surface area contributed by atoms with Crippen LogP contribution < -0.4 is 4.90 Å². The third-order valence-corrected chi connectivity index (χ3v) is 4.17. The summed E-state index contributed by atoms with van der Waals surface area (Å²) in [7, 11) is 0. The summed E-state index contributed by atoms with van der Waals surface area (Å²) >= 11 is 0. The molecule has 0 N–H and O–H groups in total. The zero-order chi connectivity index (χ0) is 18.0. The van der Waals surface area contributed by atoms with Gasteiger partial charge in [0, 0.05) is 25.8 Å². The molecule has 25 heavy (non-hydrogen) atoms. The fourth-order valence-electron chi connectivity index (χ4n) is 2.87. The van der Waals surface area contributed by atoms with Gasteiger partial charge >= 0.3 is 6.18 Å². The summed E-state index contributed by atoms with van der Waals surface area (Å²) in [5, 5.41) is 0. The van der Waals surface area contributed by atoms with Crippen molar-refractivity contribution in [2.24, 2.45) is 0 Å². The van der Waals surface area contributed by atoms with E-state index in [4.69, 9.17) is 0 Å². The molecule has 0 bridgehead atoms. The largest absolute Gasteiger partial charge is 0.416 e. The molecule has 2 heterocycles. The molecule has 0 radical (unpaired) electrons. The molecule has 1 amide bonds. The van der Waals surface area contributed by atoms with Gasteiger partial charge in [0.2, 0.25) is 5.91 Å². The Kier molecular flexibility index (Phi) is 4.65. The third-order valence-electron chi connectivity index (χ3n) is 4.17. The highest BCUT2D eigenvalue weighted by Gasteiger charge is 2.32. The summed E-state index contributed by atoms with van der Waals surface area (Å²) in [4.78, 5) is 19.7. The van der Waals surface area contributed by atoms with Gasteiger partial charge in [0.15, 0.2) is 0 Å². The molecule has 0 spiro atoms. The number of halogens is 3. The number of pyridine rings is 1. The predicted octanol–water partition coefficient (Wildman–Crippen LogP) is 3.26. The van der Waals surface area contributed by atoms with Gasteiger partial charge in [-0.2, -0.15) is 13.2 Å². The van der Waals surface area contributed by atoms with Gasteiger partial charge in [0.1, 0.15) is 5.82 Å². The van der Waals surface area contributed by atoms with E-state index >= 15 is 0 Å². The second-order valence-corrected chi connectivity index (χ2v) is 6.13. The SMILES string of the molecule is Cc1cccc(CN2CCN(c3cc(C(F)(F)F)ccn3)CC2=O)c1. The number of carbonyl (C=O) groups excluding carboxylic acids is 1. The number of rotatable bonds is 3. The normalized spacial score (nSPS) is 15.6. The fourth-order valence-corrected chi connectivity index (χ4v) is 2.87. The molecule has 3 rings (SSSR count). The maximum absolute atomic E-state index is 12.8. The Morgan fingerprint density at radius 2 is 1.96 bits per heavy atom. The zero-order valence-electron chi connectivity index (χ0n) is 13.8. The van der Waals surface area contributed by atoms with Crippen molar-refractivity contribution in [3.8, 4) is 0 Å². The van der Waals surface area contributed by atoms with E-state index < -0.39 is 11.7 Å². The van der Waals surface area contributed by atoms with Crippen molar-refractivity contribution in [1.29, 1.82) is 0 Å². The number of alkyl halides is 3. The van der Waals surface area contributed by atoms with Gasteiger partial charge in [-0.25, -0.2) is 4.98 Å². The lowest BCUT2D eigenvalue weighted by atomic mass is 10.1. The first-order chi connectivity index (χ1) is 11.8. The number of nitrogens with zero attached hydrogens (tertiary/aromatic N) is 3. The van der Waals surface area contributed by atoms with Crippen LogP contribution >= 0.6 is 0 Å². The van der Waals surface area contributed by atoms with E-state index in [0.29, 0.717) is 19.6 Å². The number of anilines is 1. The molecular weight excluding hydrogens is 331 g/mol. The molecule has 1 fully saturated rings. The Bertz CT molecular complexity index is 776. The van der Waals surface area contributed by atoms with Crippen molar-refractivity contribution in [1.82, 2.24) is 9.88 Å². The van der Waals surface area contributed by atoms with Crippen molar-refractivity contribution in [3.05, 3.63) is 59.3 Å². The van der Waals surface area contributed by atoms with Gasteiger partial charge in [0.25, 0.3) is 0 Å². The molecule has 1 aromatic heterocycles. The van der Waals surface area contributed by atoms with Crippen LogP contribution in [0.15, 0.2) is 42.6 Å². The number of hydrogen-bond donors (Lipinski definition) is 0. The van der Waals surface area contributed by atoms with Crippen LogP contribution in [-0.4, -0.2) is 35.4 Å². The monoisotopic (exact) mass is 349 g/mol. The summed E-state index contributed by atoms with van der Waals surface area (Å²) in [6.07, 6.45) is -3.30. The Morgan fingerprint density at radius 3 is 2.64 bits per heavy atom. The van der Waals surface area contributed by atoms with Crippen LogP contribution in [0, 0.1) is 6.92 Å². The van der Waals surface area contributed by atoms with Crippen molar-refractivity contribution in [3.63, 3.8) is 0 Å². The smallest absolute Gasteiger partial charge is 0.346 e. The Labute approximate surface area is 143 Å². The van der Waals surface area contributed by atoms with Gasteiger partial charge in [-0.1, -0.05) is 29.8 Å². The topological polar surface area (TPSA) is 36.4 Å². The minimum atomic E-state index is -4.42. The van der Waals surface area contributed by atoms with Crippen LogP contribution in [0.2, 0.25) is 0 Å². The van der Waals surface area contributed by atoms with E-state index in [2.05, 4.69) is 4.98 Å². The van der Waals surface area contributed by atoms with E-state index in [1.54, 1.807) is 9.80 Å². The van der Waals surface area contributed by atoms with E-state index in [-0.39, 0.29) is 18.3 Å². The number of piperazine rings is 1. The Balaban J connectivity index is 1.69. The first kappa shape index (κ1) is 17.3. The molecule has 4 nitrogen and oxygen atoms in total. The Morgan fingerprint density at radius 1 is 1.16 bits per heavy atom. The van der Waals surface area contributed by atoms with Crippen LogP contribution in [0.25, 0.3) is 0 Å². The van der Waals surface area contributed by atoms with E-state index in [0.717, 1.165) is 29.5 Å². The zero-order valence-corrected chi connectivity index (χ0v) is 13.8. The molecule has 1 saturated heterocycles. The summed E-state index contributed by atoms with van der Waals surface area (Å²) in [5.74, 6) is 0.0605. The van der Waals surface area contributed by atoms with Crippen LogP contribution in [-0.2, 0) is 17.5 Å². The van der Waals surface area contributed by atoms with Crippen molar-refractivity contribution in [2.75, 3.05) is 24.5 Å². The van der Waals surface area contributed by atoms with Gasteiger partial charge < -0.3 is 9.80 Å². The lowest BCUT2D eigenvalue weighted by Crippen LogP contribution is -2.50. The highest BCUT2D eigenvalue weighted by atomic mass is 19.4. The second kappa shape index (κ2) is 6.74. The third kappa shape index (κ3) is 4.10. The highest BCUT2D eigenvalue weighted by molar-refractivity contribution is 5.82. The van der Waals surface area contributed by atoms with E-state index in [1.165, 1.54) is 0 Å². The molecule has 0 unspecified atom stereocenters. The maximum Gasteiger partial charge on any atom is 0.416 e. The molecule has 7 heteroatoms. The quantitative estimate of drug-likeness (QED) is 0.853. The van der Waals surface area contributed by atoms with Crippen molar-refractivity contribution in [2.45, 2.75) is 19.6 Å². The first-order valence-electron chi connectivity index (χ1n) is 7.94. The van der Waals surface area contributed by atoms with Crippen molar-refractivity contribution >= 4 is 11.7 Å². The van der Waals surface area contributed by atoms with Gasteiger partial charge in [-0.05, 0) is 24.6 Å². The summed E-state index contributed by atoms with van der Waals surface area (Å²) in [5.41, 5.74) is 1.41. The minimum Gasteiger partial charge on any atom is -0.346 e. The highest BCUT2D eigenvalue weighted by Crippen LogP contribution is 2.31. The standard InChI is InChI=1S/C18H18F3N3O/c1-13-3-2-4-14(9-13)11-24-8-7-23(12-17(24)25)16-10-15(5-6-22-16)18(19,20)21/h2-6,9-10H,7-8,11-12H2,1H3. The molecule has 0 aliphatic carbocycles. The number of aromatic nitrogens is 1. The van der Waals surface area contributed by atoms with Gasteiger partial charge in [-0.15, -0.1) is 0 Å². The molecule has 2 aromatic rings. The lowest BCUT2D eigenvalue weighted by molar-refractivity contribution is -0.137. The molecule has 0 atom stereocenters. The molecule has 132 valence electrons. The molecule has 1 aromatic carbocycles. The molecule has 1 aliphatic rings. The summed E-state index contributed by atoms with van der Waals surface area (Å²) < 4.78 is 38.5. The first-order valence-corrected chi connectivity index (χ1v) is 7.94. The lowest BCUT2D eigenvalue weighted by Gasteiger charge is -2.35. The van der Waals surface area contributed by atoms with E-state index in [9.17, 15) is 18.0 Å². The summed E-state index contributed by atoms with van der Waals surface area (Å²) in [6.45, 7) is 3.42. The molecular formula is C18H18F3N3O. The second-order valence-electron chi connectivity index (χ2n) is 6.13. The number of hydrogen-bond acceptors (Lipinski definition) is 3. The minimum absolute atomic E-state index is 0.0279. The molecule has 0 saturated carbocycles. The summed E-state index contributed by atoms with van der Waals surface area (Å²) in [6, 6.07) is 9.83. The van der Waals surface area contributed by atoms with Gasteiger partial charge in [0.05, 0.1) is 12.1 Å². The maximum atomic E-state index is 12.8. The Hall–Kier alpha value is -2.57. The average molecular weight is 349 g/mol. The van der Waals surface area contributed by atoms with Crippen LogP contribution in [0.3, 0.4) is 0 Å². The van der Waals surface area contributed by atoms with Gasteiger partial charge in [-0.3, -0.25) is 4.79 Å². The van der Waals surface area contributed by atoms with E-state index in [1.807, 2.05) is 31.2 Å². The van der Waals surface area contributed by atoms with Crippen molar-refractivity contribution < 1.29 is 18.0 Å². The molecule has 1 aliphatic heterocycles. The van der Waals surface area contributed by atoms with Crippen LogP contribution in [0.5, 0.6) is 0 Å². The predicted molar refractivity (Wildman–Crippen MR) is 88.0 cm³/mol. The number of aryl methyl sites for hydroxylation is 1.